The van der Waals surface area contributed by atoms with Gasteiger partial charge < -0.3 is 14.9 Å². The number of piperidine rings is 2. The number of aromatic nitrogens is 2. The molecule has 2 unspecified atom stereocenters. The lowest BCUT2D eigenvalue weighted by Crippen LogP contribution is -2.45. The van der Waals surface area contributed by atoms with E-state index >= 15 is 0 Å². The van der Waals surface area contributed by atoms with Gasteiger partial charge in [0, 0.05) is 32.2 Å². The van der Waals surface area contributed by atoms with E-state index in [9.17, 15) is 14.7 Å². The van der Waals surface area contributed by atoms with Crippen molar-refractivity contribution in [2.24, 2.45) is 0 Å². The van der Waals surface area contributed by atoms with Crippen LogP contribution in [0.15, 0.2) is 47.4 Å². The van der Waals surface area contributed by atoms with Crippen LogP contribution in [0.25, 0.3) is 0 Å². The molecule has 2 aliphatic heterocycles. The first-order valence-corrected chi connectivity index (χ1v) is 10.9. The van der Waals surface area contributed by atoms with E-state index in [1.165, 1.54) is 4.68 Å². The quantitative estimate of drug-likeness (QED) is 0.836. The Labute approximate surface area is 176 Å². The summed E-state index contributed by atoms with van der Waals surface area (Å²) < 4.78 is 1.54. The third-order valence-corrected chi connectivity index (χ3v) is 6.37. The highest BCUT2D eigenvalue weighted by Gasteiger charge is 2.29. The SMILES string of the molecule is CC(C(=O)N1CCCC(n2ncc(N3CCC(O)CC3)cc2=O)C1)c1ccccc1. The molecule has 3 heterocycles. The number of aliphatic hydroxyl groups is 1. The molecule has 2 fully saturated rings. The normalized spacial score (nSPS) is 21.5. The molecule has 0 saturated carbocycles. The summed E-state index contributed by atoms with van der Waals surface area (Å²) in [4.78, 5) is 29.8. The number of carbonyl (C=O) groups excluding carboxylic acids is 1. The Hall–Kier alpha value is -2.67. The average molecular weight is 411 g/mol. The molecule has 4 rings (SSSR count). The third-order valence-electron chi connectivity index (χ3n) is 6.37. The van der Waals surface area contributed by atoms with E-state index in [1.54, 1.807) is 12.3 Å². The van der Waals surface area contributed by atoms with Crippen molar-refractivity contribution in [1.82, 2.24) is 14.7 Å². The Morgan fingerprint density at radius 2 is 1.87 bits per heavy atom. The van der Waals surface area contributed by atoms with Crippen molar-refractivity contribution >= 4 is 11.6 Å². The molecular formula is C23H30N4O3. The fourth-order valence-corrected chi connectivity index (χ4v) is 4.49. The van der Waals surface area contributed by atoms with Gasteiger partial charge in [0.15, 0.2) is 0 Å². The zero-order valence-electron chi connectivity index (χ0n) is 17.5. The summed E-state index contributed by atoms with van der Waals surface area (Å²) in [6.45, 7) is 4.63. The van der Waals surface area contributed by atoms with Gasteiger partial charge in [-0.25, -0.2) is 4.68 Å². The number of carbonyl (C=O) groups is 1. The van der Waals surface area contributed by atoms with Crippen LogP contribution < -0.4 is 10.5 Å². The molecule has 30 heavy (non-hydrogen) atoms. The molecule has 1 aromatic carbocycles. The number of hydrogen-bond donors (Lipinski definition) is 1. The fourth-order valence-electron chi connectivity index (χ4n) is 4.49. The molecule has 0 radical (unpaired) electrons. The Morgan fingerprint density at radius 3 is 2.57 bits per heavy atom. The molecule has 2 saturated heterocycles. The zero-order valence-corrected chi connectivity index (χ0v) is 17.5. The number of likely N-dealkylation sites (tertiary alicyclic amines) is 1. The lowest BCUT2D eigenvalue weighted by atomic mass is 9.97. The van der Waals surface area contributed by atoms with E-state index in [2.05, 4.69) is 10.00 Å². The molecule has 2 atom stereocenters. The van der Waals surface area contributed by atoms with Gasteiger partial charge in [-0.15, -0.1) is 0 Å². The molecule has 7 heteroatoms. The van der Waals surface area contributed by atoms with Gasteiger partial charge in [0.1, 0.15) is 0 Å². The average Bonchev–Trinajstić information content (AvgIpc) is 2.79. The van der Waals surface area contributed by atoms with Crippen LogP contribution >= 0.6 is 0 Å². The number of hydrogen-bond acceptors (Lipinski definition) is 5. The Morgan fingerprint density at radius 1 is 1.13 bits per heavy atom. The van der Waals surface area contributed by atoms with Crippen molar-refractivity contribution in [1.29, 1.82) is 0 Å². The Balaban J connectivity index is 1.45. The molecule has 1 amide bonds. The minimum absolute atomic E-state index is 0.0995. The van der Waals surface area contributed by atoms with Crippen LogP contribution in [0.1, 0.15) is 50.1 Å². The highest BCUT2D eigenvalue weighted by atomic mass is 16.3. The van der Waals surface area contributed by atoms with Crippen LogP contribution in [0, 0.1) is 0 Å². The number of aliphatic hydroxyl groups excluding tert-OH is 1. The van der Waals surface area contributed by atoms with Gasteiger partial charge >= 0.3 is 0 Å². The van der Waals surface area contributed by atoms with Gasteiger partial charge in [0.25, 0.3) is 5.56 Å². The first kappa shape index (κ1) is 20.6. The molecule has 0 spiro atoms. The van der Waals surface area contributed by atoms with Gasteiger partial charge in [0.2, 0.25) is 5.91 Å². The van der Waals surface area contributed by atoms with Crippen molar-refractivity contribution in [3.63, 3.8) is 0 Å². The predicted molar refractivity (Wildman–Crippen MR) is 116 cm³/mol. The van der Waals surface area contributed by atoms with E-state index < -0.39 is 0 Å². The lowest BCUT2D eigenvalue weighted by Gasteiger charge is -2.35. The third kappa shape index (κ3) is 4.41. The van der Waals surface area contributed by atoms with Crippen LogP contribution in [0.2, 0.25) is 0 Å². The molecule has 160 valence electrons. The second-order valence-electron chi connectivity index (χ2n) is 8.43. The van der Waals surface area contributed by atoms with Gasteiger partial charge in [0.05, 0.1) is 29.9 Å². The highest BCUT2D eigenvalue weighted by molar-refractivity contribution is 5.83. The summed E-state index contributed by atoms with van der Waals surface area (Å²) in [6, 6.07) is 11.3. The Bertz CT molecular complexity index is 922. The van der Waals surface area contributed by atoms with Crippen LogP contribution in [0.5, 0.6) is 0 Å². The van der Waals surface area contributed by atoms with Crippen LogP contribution in [-0.2, 0) is 4.79 Å². The fraction of sp³-hybridized carbons (Fsp3) is 0.522. The summed E-state index contributed by atoms with van der Waals surface area (Å²) in [7, 11) is 0. The molecule has 2 aliphatic rings. The molecule has 7 nitrogen and oxygen atoms in total. The number of nitrogens with zero attached hydrogens (tertiary/aromatic N) is 4. The second-order valence-corrected chi connectivity index (χ2v) is 8.43. The minimum atomic E-state index is -0.251. The van der Waals surface area contributed by atoms with E-state index in [4.69, 9.17) is 0 Å². The summed E-state index contributed by atoms with van der Waals surface area (Å²) >= 11 is 0. The monoisotopic (exact) mass is 410 g/mol. The molecule has 0 aliphatic carbocycles. The van der Waals surface area contributed by atoms with Crippen molar-refractivity contribution in [3.8, 4) is 0 Å². The summed E-state index contributed by atoms with van der Waals surface area (Å²) in [5.41, 5.74) is 1.69. The van der Waals surface area contributed by atoms with Crippen LogP contribution in [0.4, 0.5) is 5.69 Å². The van der Waals surface area contributed by atoms with E-state index in [0.29, 0.717) is 19.4 Å². The van der Waals surface area contributed by atoms with Gasteiger partial charge in [-0.05, 0) is 38.2 Å². The molecule has 2 aromatic rings. The van der Waals surface area contributed by atoms with Crippen LogP contribution in [0.3, 0.4) is 0 Å². The van der Waals surface area contributed by atoms with Crippen molar-refractivity contribution in [2.45, 2.75) is 50.7 Å². The minimum Gasteiger partial charge on any atom is -0.393 e. The molecular weight excluding hydrogens is 380 g/mol. The van der Waals surface area contributed by atoms with E-state index in [0.717, 1.165) is 43.7 Å². The largest absolute Gasteiger partial charge is 0.393 e. The highest BCUT2D eigenvalue weighted by Crippen LogP contribution is 2.25. The maximum Gasteiger partial charge on any atom is 0.269 e. The summed E-state index contributed by atoms with van der Waals surface area (Å²) in [5, 5.41) is 14.1. The van der Waals surface area contributed by atoms with Crippen LogP contribution in [-0.4, -0.2) is 58.0 Å². The summed E-state index contributed by atoms with van der Waals surface area (Å²) in [5.74, 6) is -0.103. The van der Waals surface area contributed by atoms with Crippen molar-refractivity contribution in [2.75, 3.05) is 31.1 Å². The topological polar surface area (TPSA) is 78.7 Å². The maximum absolute atomic E-state index is 13.0. The molecule has 1 aromatic heterocycles. The second kappa shape index (κ2) is 9.00. The number of benzene rings is 1. The Kier molecular flexibility index (Phi) is 6.18. The number of amides is 1. The van der Waals surface area contributed by atoms with E-state index in [-0.39, 0.29) is 29.5 Å². The predicted octanol–water partition coefficient (Wildman–Crippen LogP) is 2.17. The summed E-state index contributed by atoms with van der Waals surface area (Å²) in [6.07, 6.45) is 4.61. The zero-order chi connectivity index (χ0) is 21.1. The maximum atomic E-state index is 13.0. The molecule has 1 N–H and O–H groups in total. The molecule has 0 bridgehead atoms. The number of anilines is 1. The van der Waals surface area contributed by atoms with Gasteiger partial charge in [-0.1, -0.05) is 30.3 Å². The standard InChI is InChI=1S/C23H30N4O3/c1-17(18-6-3-2-4-7-18)23(30)26-11-5-8-19(16-26)27-22(29)14-20(15-24-27)25-12-9-21(28)10-13-25/h2-4,6-7,14-15,17,19,21,28H,5,8-13,16H2,1H3. The smallest absolute Gasteiger partial charge is 0.269 e. The van der Waals surface area contributed by atoms with Crippen molar-refractivity contribution < 1.29 is 9.90 Å². The van der Waals surface area contributed by atoms with Gasteiger partial charge in [-0.3, -0.25) is 9.59 Å². The van der Waals surface area contributed by atoms with Gasteiger partial charge in [-0.2, -0.15) is 5.10 Å². The lowest BCUT2D eigenvalue weighted by molar-refractivity contribution is -0.134. The van der Waals surface area contributed by atoms with E-state index in [1.807, 2.05) is 42.2 Å². The first-order chi connectivity index (χ1) is 14.5. The first-order valence-electron chi connectivity index (χ1n) is 10.9. The van der Waals surface area contributed by atoms with Crippen molar-refractivity contribution in [3.05, 3.63) is 58.5 Å². The number of rotatable bonds is 4.